The minimum absolute atomic E-state index is 0.0434. The van der Waals surface area contributed by atoms with Crippen molar-refractivity contribution in [3.63, 3.8) is 0 Å². The van der Waals surface area contributed by atoms with Gasteiger partial charge in [0.2, 0.25) is 0 Å². The van der Waals surface area contributed by atoms with Gasteiger partial charge in [-0.1, -0.05) is 18.2 Å². The lowest BCUT2D eigenvalue weighted by molar-refractivity contribution is -0.383. The zero-order valence-electron chi connectivity index (χ0n) is 17.3. The van der Waals surface area contributed by atoms with Crippen LogP contribution < -0.4 is 5.56 Å². The van der Waals surface area contributed by atoms with Crippen LogP contribution in [0.4, 0.5) is 10.1 Å². The molecule has 1 aliphatic heterocycles. The van der Waals surface area contributed by atoms with E-state index in [-0.39, 0.29) is 29.2 Å². The molecule has 32 heavy (non-hydrogen) atoms. The Balaban J connectivity index is 1.65. The van der Waals surface area contributed by atoms with E-state index in [4.69, 9.17) is 4.74 Å². The van der Waals surface area contributed by atoms with Crippen molar-refractivity contribution >= 4 is 22.4 Å². The number of nitro groups is 1. The van der Waals surface area contributed by atoms with Crippen molar-refractivity contribution in [2.24, 2.45) is 0 Å². The predicted molar refractivity (Wildman–Crippen MR) is 114 cm³/mol. The number of piperidine rings is 1. The van der Waals surface area contributed by atoms with Gasteiger partial charge in [0.05, 0.1) is 22.3 Å². The summed E-state index contributed by atoms with van der Waals surface area (Å²) in [7, 11) is 1.63. The molecule has 0 saturated carbocycles. The van der Waals surface area contributed by atoms with Crippen LogP contribution in [0.2, 0.25) is 0 Å². The maximum Gasteiger partial charge on any atom is 0.282 e. The number of hydrogen-bond donors (Lipinski definition) is 1. The largest absolute Gasteiger partial charge is 0.381 e. The SMILES string of the molecule is COC1CCN(C(=O)c2cc(Cc3n[nH]c(=O)c4c([N+](=O)[O-])cccc34)ccc2F)CC1. The molecule has 0 radical (unpaired) electrons. The molecule has 10 heteroatoms. The van der Waals surface area contributed by atoms with Crippen LogP contribution in [-0.2, 0) is 11.2 Å². The molecular formula is C22H21FN4O5. The van der Waals surface area contributed by atoms with Crippen LogP contribution in [0, 0.1) is 15.9 Å². The second-order valence-corrected chi connectivity index (χ2v) is 7.67. The van der Waals surface area contributed by atoms with E-state index < -0.39 is 22.2 Å². The summed E-state index contributed by atoms with van der Waals surface area (Å²) in [5, 5.41) is 17.9. The highest BCUT2D eigenvalue weighted by Gasteiger charge is 2.25. The van der Waals surface area contributed by atoms with Crippen LogP contribution in [0.3, 0.4) is 0 Å². The van der Waals surface area contributed by atoms with Crippen LogP contribution in [0.5, 0.6) is 0 Å². The van der Waals surface area contributed by atoms with Crippen LogP contribution in [0.15, 0.2) is 41.2 Å². The molecule has 0 unspecified atom stereocenters. The van der Waals surface area contributed by atoms with Gasteiger partial charge in [-0.25, -0.2) is 9.49 Å². The second kappa shape index (κ2) is 8.83. The topological polar surface area (TPSA) is 118 Å². The van der Waals surface area contributed by atoms with Crippen LogP contribution in [0.25, 0.3) is 10.8 Å². The first-order chi connectivity index (χ1) is 15.4. The van der Waals surface area contributed by atoms with Crippen molar-refractivity contribution in [2.45, 2.75) is 25.4 Å². The second-order valence-electron chi connectivity index (χ2n) is 7.67. The highest BCUT2D eigenvalue weighted by molar-refractivity contribution is 5.95. The average Bonchev–Trinajstić information content (AvgIpc) is 2.81. The van der Waals surface area contributed by atoms with E-state index in [1.807, 2.05) is 0 Å². The normalized spacial score (nSPS) is 14.6. The van der Waals surface area contributed by atoms with Gasteiger partial charge in [0.15, 0.2) is 0 Å². The summed E-state index contributed by atoms with van der Waals surface area (Å²) in [5.74, 6) is -1.02. The molecule has 0 atom stereocenters. The van der Waals surface area contributed by atoms with Crippen molar-refractivity contribution in [3.8, 4) is 0 Å². The number of nitrogens with zero attached hydrogens (tertiary/aromatic N) is 3. The number of aromatic amines is 1. The van der Waals surface area contributed by atoms with E-state index in [2.05, 4.69) is 10.2 Å². The molecule has 3 aromatic rings. The van der Waals surface area contributed by atoms with Crippen molar-refractivity contribution < 1.29 is 18.8 Å². The number of rotatable bonds is 5. The van der Waals surface area contributed by atoms with Gasteiger partial charge in [-0.05, 0) is 30.5 Å². The number of amides is 1. The van der Waals surface area contributed by atoms with Crippen molar-refractivity contribution in [2.75, 3.05) is 20.2 Å². The molecule has 9 nitrogen and oxygen atoms in total. The van der Waals surface area contributed by atoms with Gasteiger partial charge in [-0.3, -0.25) is 19.7 Å². The van der Waals surface area contributed by atoms with E-state index in [0.29, 0.717) is 42.6 Å². The van der Waals surface area contributed by atoms with E-state index in [1.54, 1.807) is 18.1 Å². The lowest BCUT2D eigenvalue weighted by atomic mass is 10.0. The first-order valence-electron chi connectivity index (χ1n) is 10.1. The number of carbonyl (C=O) groups excluding carboxylic acids is 1. The maximum atomic E-state index is 14.5. The number of carbonyl (C=O) groups is 1. The number of non-ortho nitro benzene ring substituents is 1. The average molecular weight is 440 g/mol. The molecule has 1 aliphatic rings. The van der Waals surface area contributed by atoms with Crippen LogP contribution in [-0.4, -0.2) is 52.2 Å². The Morgan fingerprint density at radius 2 is 2.06 bits per heavy atom. The number of H-pyrrole nitrogens is 1. The zero-order chi connectivity index (χ0) is 22.8. The minimum atomic E-state index is -0.662. The summed E-state index contributed by atoms with van der Waals surface area (Å²) < 4.78 is 19.8. The highest BCUT2D eigenvalue weighted by atomic mass is 19.1. The minimum Gasteiger partial charge on any atom is -0.381 e. The molecule has 0 aliphatic carbocycles. The van der Waals surface area contributed by atoms with Crippen LogP contribution in [0.1, 0.15) is 34.5 Å². The van der Waals surface area contributed by atoms with Gasteiger partial charge in [0, 0.05) is 38.1 Å². The van der Waals surface area contributed by atoms with Crippen molar-refractivity contribution in [1.29, 1.82) is 0 Å². The molecule has 4 rings (SSSR count). The quantitative estimate of drug-likeness (QED) is 0.481. The van der Waals surface area contributed by atoms with E-state index >= 15 is 0 Å². The van der Waals surface area contributed by atoms with Crippen molar-refractivity contribution in [3.05, 3.63) is 79.5 Å². The van der Waals surface area contributed by atoms with Gasteiger partial charge in [0.25, 0.3) is 17.2 Å². The molecular weight excluding hydrogens is 419 g/mol. The number of ether oxygens (including phenoxy) is 1. The number of hydrogen-bond acceptors (Lipinski definition) is 6. The van der Waals surface area contributed by atoms with E-state index in [0.717, 1.165) is 0 Å². The summed E-state index contributed by atoms with van der Waals surface area (Å²) in [6.07, 6.45) is 1.63. The first-order valence-corrected chi connectivity index (χ1v) is 10.1. The van der Waals surface area contributed by atoms with Gasteiger partial charge < -0.3 is 9.64 Å². The molecule has 1 amide bonds. The maximum absolute atomic E-state index is 14.5. The third-order valence-electron chi connectivity index (χ3n) is 5.76. The Labute approximate surface area is 182 Å². The Hall–Kier alpha value is -3.66. The summed E-state index contributed by atoms with van der Waals surface area (Å²) >= 11 is 0. The number of aromatic nitrogens is 2. The Morgan fingerprint density at radius 1 is 1.31 bits per heavy atom. The summed E-state index contributed by atoms with van der Waals surface area (Å²) in [6, 6.07) is 8.53. The lowest BCUT2D eigenvalue weighted by Gasteiger charge is -2.31. The third-order valence-corrected chi connectivity index (χ3v) is 5.76. The van der Waals surface area contributed by atoms with Gasteiger partial charge in [-0.2, -0.15) is 5.10 Å². The van der Waals surface area contributed by atoms with E-state index in [9.17, 15) is 24.1 Å². The summed E-state index contributed by atoms with van der Waals surface area (Å²) in [6.45, 7) is 0.966. The number of fused-ring (bicyclic) bond motifs is 1. The number of benzene rings is 2. The molecule has 2 aromatic carbocycles. The fourth-order valence-corrected chi connectivity index (χ4v) is 4.05. The Kier molecular flexibility index (Phi) is 5.95. The number of likely N-dealkylation sites (tertiary alicyclic amines) is 1. The molecule has 0 spiro atoms. The summed E-state index contributed by atoms with van der Waals surface area (Å²) in [4.78, 5) is 37.4. The molecule has 2 heterocycles. The predicted octanol–water partition coefficient (Wildman–Crippen LogP) is 2.81. The Morgan fingerprint density at radius 3 is 2.75 bits per heavy atom. The van der Waals surface area contributed by atoms with Gasteiger partial charge in [0.1, 0.15) is 11.2 Å². The van der Waals surface area contributed by atoms with Crippen LogP contribution >= 0.6 is 0 Å². The van der Waals surface area contributed by atoms with Crippen molar-refractivity contribution in [1.82, 2.24) is 15.1 Å². The monoisotopic (exact) mass is 440 g/mol. The molecule has 0 bridgehead atoms. The van der Waals surface area contributed by atoms with Gasteiger partial charge in [-0.15, -0.1) is 0 Å². The number of nitrogens with one attached hydrogen (secondary N) is 1. The smallest absolute Gasteiger partial charge is 0.282 e. The third kappa shape index (κ3) is 4.09. The number of methoxy groups -OCH3 is 1. The molecule has 1 N–H and O–H groups in total. The lowest BCUT2D eigenvalue weighted by Crippen LogP contribution is -2.41. The molecule has 166 valence electrons. The Bertz CT molecular complexity index is 1250. The highest BCUT2D eigenvalue weighted by Crippen LogP contribution is 2.25. The standard InChI is InChI=1S/C22H21FN4O5/c1-32-14-7-9-26(10-8-14)22(29)16-11-13(5-6-17(16)23)12-18-15-3-2-4-19(27(30)31)20(15)21(28)25-24-18/h2-6,11,14H,7-10,12H2,1H3,(H,25,28). The first kappa shape index (κ1) is 21.6. The fraction of sp³-hybridized carbons (Fsp3) is 0.318. The summed E-state index contributed by atoms with van der Waals surface area (Å²) in [5.41, 5.74) is -0.0477. The molecule has 1 aromatic heterocycles. The zero-order valence-corrected chi connectivity index (χ0v) is 17.3. The number of halogens is 1. The van der Waals surface area contributed by atoms with Gasteiger partial charge >= 0.3 is 0 Å². The number of nitro benzene ring substituents is 1. The molecule has 1 saturated heterocycles. The molecule has 1 fully saturated rings. The van der Waals surface area contributed by atoms with E-state index in [1.165, 1.54) is 30.3 Å². The fourth-order valence-electron chi connectivity index (χ4n) is 4.05.